The number of anilines is 1. The molecule has 0 saturated carbocycles. The van der Waals surface area contributed by atoms with Crippen molar-refractivity contribution in [3.8, 4) is 0 Å². The van der Waals surface area contributed by atoms with E-state index in [0.717, 1.165) is 0 Å². The summed E-state index contributed by atoms with van der Waals surface area (Å²) in [4.78, 5) is 12.4. The molecule has 0 atom stereocenters. The minimum Gasteiger partial charge on any atom is -0.368 e. The van der Waals surface area contributed by atoms with E-state index in [1.165, 1.54) is 6.07 Å². The molecule has 0 bridgehead atoms. The Morgan fingerprint density at radius 1 is 1.41 bits per heavy atom. The van der Waals surface area contributed by atoms with Crippen LogP contribution in [-0.4, -0.2) is 18.5 Å². The van der Waals surface area contributed by atoms with Gasteiger partial charge in [0.2, 0.25) is 0 Å². The predicted molar refractivity (Wildman–Crippen MR) is 70.8 cm³/mol. The third-order valence-corrected chi connectivity index (χ3v) is 2.58. The lowest BCUT2D eigenvalue weighted by atomic mass is 9.96. The minimum atomic E-state index is -0.434. The number of benzene rings is 1. The first-order valence-corrected chi connectivity index (χ1v) is 5.74. The fourth-order valence-electron chi connectivity index (χ4n) is 1.79. The van der Waals surface area contributed by atoms with Crippen molar-refractivity contribution < 1.29 is 4.92 Å². The van der Waals surface area contributed by atoms with Crippen molar-refractivity contribution in [2.75, 3.05) is 18.5 Å². The van der Waals surface area contributed by atoms with Crippen LogP contribution in [0.5, 0.6) is 0 Å². The van der Waals surface area contributed by atoms with Crippen LogP contribution in [0.2, 0.25) is 5.02 Å². The highest BCUT2D eigenvalue weighted by Crippen LogP contribution is 2.35. The van der Waals surface area contributed by atoms with Crippen LogP contribution in [0.25, 0.3) is 0 Å². The van der Waals surface area contributed by atoms with E-state index in [1.54, 1.807) is 12.1 Å². The van der Waals surface area contributed by atoms with Gasteiger partial charge in [-0.25, -0.2) is 0 Å². The van der Waals surface area contributed by atoms with Crippen molar-refractivity contribution in [3.05, 3.63) is 33.3 Å². The average Bonchev–Trinajstić information content (AvgIpc) is 2.13. The number of nitro benzene ring substituents is 1. The third kappa shape index (κ3) is 3.60. The summed E-state index contributed by atoms with van der Waals surface area (Å²) in [6, 6.07) is 4.98. The van der Waals surface area contributed by atoms with E-state index in [0.29, 0.717) is 12.2 Å². The van der Waals surface area contributed by atoms with E-state index < -0.39 is 4.92 Å². The van der Waals surface area contributed by atoms with Crippen molar-refractivity contribution in [3.63, 3.8) is 0 Å². The predicted octanol–water partition coefficient (Wildman–Crippen LogP) is 3.73. The smallest absolute Gasteiger partial charge is 0.310 e. The van der Waals surface area contributed by atoms with Crippen LogP contribution >= 0.6 is 11.6 Å². The Morgan fingerprint density at radius 3 is 2.47 bits per heavy atom. The summed E-state index contributed by atoms with van der Waals surface area (Å²) < 4.78 is 0. The molecule has 0 unspecified atom stereocenters. The van der Waals surface area contributed by atoms with Crippen LogP contribution in [0, 0.1) is 15.5 Å². The van der Waals surface area contributed by atoms with Crippen LogP contribution in [0.1, 0.15) is 20.8 Å². The highest BCUT2D eigenvalue weighted by Gasteiger charge is 2.23. The van der Waals surface area contributed by atoms with Gasteiger partial charge in [-0.1, -0.05) is 38.4 Å². The summed E-state index contributed by atoms with van der Waals surface area (Å²) in [5, 5.41) is 11.2. The molecular weight excluding hydrogens is 240 g/mol. The molecule has 1 aromatic rings. The van der Waals surface area contributed by atoms with Crippen LogP contribution in [0.15, 0.2) is 18.2 Å². The van der Waals surface area contributed by atoms with Crippen molar-refractivity contribution in [2.45, 2.75) is 20.8 Å². The summed E-state index contributed by atoms with van der Waals surface area (Å²) in [5.41, 5.74) is 0.587. The van der Waals surface area contributed by atoms with Crippen LogP contribution in [0.3, 0.4) is 0 Å². The third-order valence-electron chi connectivity index (χ3n) is 2.27. The Morgan fingerprint density at radius 2 is 2.00 bits per heavy atom. The summed E-state index contributed by atoms with van der Waals surface area (Å²) in [7, 11) is 1.84. The van der Waals surface area contributed by atoms with Gasteiger partial charge in [-0.2, -0.15) is 0 Å². The second kappa shape index (κ2) is 4.92. The van der Waals surface area contributed by atoms with Gasteiger partial charge >= 0.3 is 5.69 Å². The van der Waals surface area contributed by atoms with E-state index >= 15 is 0 Å². The first-order chi connectivity index (χ1) is 7.72. The molecule has 0 heterocycles. The van der Waals surface area contributed by atoms with Gasteiger partial charge in [-0.15, -0.1) is 0 Å². The zero-order valence-electron chi connectivity index (χ0n) is 10.5. The molecule has 5 heteroatoms. The van der Waals surface area contributed by atoms with E-state index in [2.05, 4.69) is 20.8 Å². The topological polar surface area (TPSA) is 46.4 Å². The highest BCUT2D eigenvalue weighted by atomic mass is 35.5. The Balaban J connectivity index is 3.13. The fourth-order valence-corrected chi connectivity index (χ4v) is 2.03. The number of nitrogens with zero attached hydrogens (tertiary/aromatic N) is 2. The van der Waals surface area contributed by atoms with Gasteiger partial charge in [0.05, 0.1) is 4.92 Å². The Labute approximate surface area is 106 Å². The first kappa shape index (κ1) is 13.8. The monoisotopic (exact) mass is 256 g/mol. The van der Waals surface area contributed by atoms with Gasteiger partial charge in [0.25, 0.3) is 0 Å². The van der Waals surface area contributed by atoms with Crippen molar-refractivity contribution >= 4 is 23.0 Å². The maximum atomic E-state index is 11.0. The summed E-state index contributed by atoms with van der Waals surface area (Å²) >= 11 is 5.87. The second-order valence-corrected chi connectivity index (χ2v) is 5.69. The molecule has 0 fully saturated rings. The lowest BCUT2D eigenvalue weighted by molar-refractivity contribution is -0.384. The Hall–Kier alpha value is -1.29. The molecule has 0 aromatic heterocycles. The number of nitro groups is 1. The van der Waals surface area contributed by atoms with Crippen molar-refractivity contribution in [2.24, 2.45) is 5.41 Å². The van der Waals surface area contributed by atoms with Crippen LogP contribution in [-0.2, 0) is 0 Å². The number of para-hydroxylation sites is 1. The van der Waals surface area contributed by atoms with E-state index in [-0.39, 0.29) is 16.1 Å². The molecule has 0 radical (unpaired) electrons. The molecule has 0 aliphatic rings. The summed E-state index contributed by atoms with van der Waals surface area (Å²) in [6.07, 6.45) is 0. The van der Waals surface area contributed by atoms with Gasteiger partial charge in [0, 0.05) is 13.6 Å². The lowest BCUT2D eigenvalue weighted by Gasteiger charge is -2.28. The standard InChI is InChI=1S/C12H17ClN2O2/c1-12(2,3)8-14(4)10-7-5-6-9(13)11(10)15(16)17/h5-7H,8H2,1-4H3. The Kier molecular flexibility index (Phi) is 3.98. The number of hydrogen-bond acceptors (Lipinski definition) is 3. The molecule has 1 rings (SSSR count). The molecule has 0 saturated heterocycles. The molecule has 1 aromatic carbocycles. The summed E-state index contributed by atoms with van der Waals surface area (Å²) in [5.74, 6) is 0. The first-order valence-electron chi connectivity index (χ1n) is 5.36. The maximum absolute atomic E-state index is 11.0. The van der Waals surface area contributed by atoms with E-state index in [9.17, 15) is 10.1 Å². The molecule has 0 aliphatic carbocycles. The van der Waals surface area contributed by atoms with E-state index in [1.807, 2.05) is 11.9 Å². The molecule has 0 amide bonds. The van der Waals surface area contributed by atoms with Gasteiger partial charge in [-0.05, 0) is 17.5 Å². The summed E-state index contributed by atoms with van der Waals surface area (Å²) in [6.45, 7) is 6.97. The van der Waals surface area contributed by atoms with Gasteiger partial charge in [0.15, 0.2) is 0 Å². The Bertz CT molecular complexity index is 427. The van der Waals surface area contributed by atoms with Crippen LogP contribution in [0.4, 0.5) is 11.4 Å². The fraction of sp³-hybridized carbons (Fsp3) is 0.500. The largest absolute Gasteiger partial charge is 0.368 e. The van der Waals surface area contributed by atoms with Crippen molar-refractivity contribution in [1.82, 2.24) is 0 Å². The zero-order chi connectivity index (χ0) is 13.2. The number of halogens is 1. The number of rotatable bonds is 3. The molecule has 17 heavy (non-hydrogen) atoms. The highest BCUT2D eigenvalue weighted by molar-refractivity contribution is 6.33. The maximum Gasteiger partial charge on any atom is 0.310 e. The van der Waals surface area contributed by atoms with Crippen LogP contribution < -0.4 is 4.90 Å². The van der Waals surface area contributed by atoms with Gasteiger partial charge < -0.3 is 4.90 Å². The molecule has 0 aliphatic heterocycles. The molecule has 94 valence electrons. The minimum absolute atomic E-state index is 0.0269. The number of hydrogen-bond donors (Lipinski definition) is 0. The SMILES string of the molecule is CN(CC(C)(C)C)c1cccc(Cl)c1[N+](=O)[O-]. The normalized spacial score (nSPS) is 11.4. The average molecular weight is 257 g/mol. The second-order valence-electron chi connectivity index (χ2n) is 5.28. The molecule has 0 N–H and O–H groups in total. The lowest BCUT2D eigenvalue weighted by Crippen LogP contribution is -2.29. The van der Waals surface area contributed by atoms with Gasteiger partial charge in [-0.3, -0.25) is 10.1 Å². The molecule has 4 nitrogen and oxygen atoms in total. The quantitative estimate of drug-likeness (QED) is 0.611. The molecular formula is C12H17ClN2O2. The van der Waals surface area contributed by atoms with Crippen molar-refractivity contribution in [1.29, 1.82) is 0 Å². The van der Waals surface area contributed by atoms with E-state index in [4.69, 9.17) is 11.6 Å². The van der Waals surface area contributed by atoms with Gasteiger partial charge in [0.1, 0.15) is 10.7 Å². The molecule has 0 spiro atoms. The zero-order valence-corrected chi connectivity index (χ0v) is 11.3.